The molecule has 142 valence electrons. The lowest BCUT2D eigenvalue weighted by Gasteiger charge is -2.20. The van der Waals surface area contributed by atoms with Crippen LogP contribution in [0.25, 0.3) is 27.6 Å². The minimum Gasteiger partial charge on any atom is -0.279 e. The first-order chi connectivity index (χ1) is 14.9. The smallest absolute Gasteiger partial charge is 0.148 e. The second-order valence-electron chi connectivity index (χ2n) is 7.50. The van der Waals surface area contributed by atoms with Gasteiger partial charge in [0.05, 0.1) is 22.5 Å². The Labute approximate surface area is 174 Å². The van der Waals surface area contributed by atoms with Gasteiger partial charge >= 0.3 is 0 Å². The number of aromatic nitrogens is 3. The van der Waals surface area contributed by atoms with E-state index < -0.39 is 0 Å². The van der Waals surface area contributed by atoms with E-state index in [-0.39, 0.29) is 5.92 Å². The van der Waals surface area contributed by atoms with Crippen molar-refractivity contribution < 1.29 is 0 Å². The van der Waals surface area contributed by atoms with Crippen LogP contribution in [0.4, 0.5) is 0 Å². The molecular weight excluding hydrogens is 366 g/mol. The van der Waals surface area contributed by atoms with E-state index >= 15 is 0 Å². The van der Waals surface area contributed by atoms with Crippen LogP contribution in [-0.2, 0) is 0 Å². The zero-order valence-electron chi connectivity index (χ0n) is 16.3. The molecule has 0 fully saturated rings. The average Bonchev–Trinajstić information content (AvgIpc) is 3.21. The van der Waals surface area contributed by atoms with Crippen molar-refractivity contribution >= 4 is 27.6 Å². The lowest BCUT2D eigenvalue weighted by molar-refractivity contribution is 0.847. The van der Waals surface area contributed by atoms with E-state index in [0.717, 1.165) is 33.4 Å². The van der Waals surface area contributed by atoms with Crippen molar-refractivity contribution in [2.24, 2.45) is 0 Å². The van der Waals surface area contributed by atoms with Crippen molar-refractivity contribution in [2.75, 3.05) is 0 Å². The van der Waals surface area contributed by atoms with Gasteiger partial charge in [-0.3, -0.25) is 4.40 Å². The summed E-state index contributed by atoms with van der Waals surface area (Å²) >= 11 is 0. The molecule has 0 radical (unpaired) electrons. The molecule has 3 nitrogen and oxygen atoms in total. The van der Waals surface area contributed by atoms with Gasteiger partial charge in [0.2, 0.25) is 0 Å². The molecule has 0 atom stereocenters. The molecule has 0 saturated heterocycles. The van der Waals surface area contributed by atoms with Gasteiger partial charge in [0.1, 0.15) is 11.5 Å². The van der Waals surface area contributed by atoms with Crippen molar-refractivity contribution in [2.45, 2.75) is 5.92 Å². The molecule has 2 heterocycles. The van der Waals surface area contributed by atoms with Crippen LogP contribution in [-0.4, -0.2) is 14.4 Å². The van der Waals surface area contributed by atoms with E-state index in [1.165, 1.54) is 11.1 Å². The number of hydrogen-bond acceptors (Lipinski definition) is 2. The normalized spacial score (nSPS) is 11.6. The van der Waals surface area contributed by atoms with Gasteiger partial charge in [0.25, 0.3) is 0 Å². The molecule has 0 unspecified atom stereocenters. The van der Waals surface area contributed by atoms with E-state index in [1.807, 2.05) is 12.1 Å². The minimum absolute atomic E-state index is 0.00267. The molecule has 0 spiro atoms. The zero-order valence-corrected chi connectivity index (χ0v) is 16.3. The Kier molecular flexibility index (Phi) is 3.85. The van der Waals surface area contributed by atoms with Gasteiger partial charge in [0, 0.05) is 5.39 Å². The fourth-order valence-electron chi connectivity index (χ4n) is 4.35. The highest BCUT2D eigenvalue weighted by molar-refractivity contribution is 5.96. The molecule has 3 heteroatoms. The Morgan fingerprint density at radius 3 is 1.80 bits per heavy atom. The minimum atomic E-state index is -0.00267. The van der Waals surface area contributed by atoms with Gasteiger partial charge in [-0.1, -0.05) is 84.9 Å². The molecule has 6 rings (SSSR count). The summed E-state index contributed by atoms with van der Waals surface area (Å²) in [5.74, 6) is 0.979. The van der Waals surface area contributed by atoms with Gasteiger partial charge in [0.15, 0.2) is 0 Å². The standard InChI is InChI=1S/C27H19N3/c1-3-11-19(12-4-1)25(20-13-5-2-6-14-20)27-28-22-16-8-7-15-21(22)26-29-23-17-9-10-18-24(23)30(26)27/h1-18,25H. The Morgan fingerprint density at radius 2 is 1.10 bits per heavy atom. The predicted octanol–water partition coefficient (Wildman–Crippen LogP) is 6.22. The highest BCUT2D eigenvalue weighted by atomic mass is 15.1. The number of hydrogen-bond donors (Lipinski definition) is 0. The number of nitrogens with zero attached hydrogens (tertiary/aromatic N) is 3. The van der Waals surface area contributed by atoms with Crippen LogP contribution in [0.5, 0.6) is 0 Å². The summed E-state index contributed by atoms with van der Waals surface area (Å²) in [7, 11) is 0. The average molecular weight is 385 g/mol. The van der Waals surface area contributed by atoms with Crippen molar-refractivity contribution in [1.82, 2.24) is 14.4 Å². The van der Waals surface area contributed by atoms with Crippen LogP contribution in [0, 0.1) is 0 Å². The summed E-state index contributed by atoms with van der Waals surface area (Å²) in [6, 6.07) is 37.8. The van der Waals surface area contributed by atoms with Gasteiger partial charge < -0.3 is 0 Å². The summed E-state index contributed by atoms with van der Waals surface area (Å²) in [5.41, 5.74) is 6.41. The van der Waals surface area contributed by atoms with Crippen LogP contribution in [0.15, 0.2) is 109 Å². The fourth-order valence-corrected chi connectivity index (χ4v) is 4.35. The van der Waals surface area contributed by atoms with Gasteiger partial charge in [-0.05, 0) is 35.4 Å². The van der Waals surface area contributed by atoms with E-state index in [4.69, 9.17) is 9.97 Å². The zero-order chi connectivity index (χ0) is 19.9. The summed E-state index contributed by atoms with van der Waals surface area (Å²) < 4.78 is 2.24. The van der Waals surface area contributed by atoms with Crippen LogP contribution >= 0.6 is 0 Å². The van der Waals surface area contributed by atoms with E-state index in [0.29, 0.717) is 0 Å². The number of benzene rings is 4. The first-order valence-corrected chi connectivity index (χ1v) is 10.2. The Morgan fingerprint density at radius 1 is 0.533 bits per heavy atom. The molecule has 4 aromatic carbocycles. The molecule has 0 saturated carbocycles. The number of fused-ring (bicyclic) bond motifs is 5. The molecule has 0 aliphatic rings. The molecular formula is C27H19N3. The number of rotatable bonds is 3. The summed E-state index contributed by atoms with van der Waals surface area (Å²) in [6.07, 6.45) is 0. The monoisotopic (exact) mass is 385 g/mol. The van der Waals surface area contributed by atoms with Crippen molar-refractivity contribution in [3.8, 4) is 0 Å². The number of para-hydroxylation sites is 3. The Hall–Kier alpha value is -3.98. The van der Waals surface area contributed by atoms with Crippen molar-refractivity contribution in [1.29, 1.82) is 0 Å². The van der Waals surface area contributed by atoms with E-state index in [2.05, 4.69) is 101 Å². The van der Waals surface area contributed by atoms with Gasteiger partial charge in [-0.15, -0.1) is 0 Å². The highest BCUT2D eigenvalue weighted by Gasteiger charge is 2.24. The van der Waals surface area contributed by atoms with Gasteiger partial charge in [-0.25, -0.2) is 9.97 Å². The molecule has 2 aromatic heterocycles. The van der Waals surface area contributed by atoms with Gasteiger partial charge in [-0.2, -0.15) is 0 Å². The molecule has 30 heavy (non-hydrogen) atoms. The second kappa shape index (κ2) is 6.82. The van der Waals surface area contributed by atoms with Crippen LogP contribution < -0.4 is 0 Å². The molecule has 0 N–H and O–H groups in total. The molecule has 0 aliphatic heterocycles. The van der Waals surface area contributed by atoms with E-state index in [9.17, 15) is 0 Å². The van der Waals surface area contributed by atoms with Crippen molar-refractivity contribution in [3.05, 3.63) is 126 Å². The maximum Gasteiger partial charge on any atom is 0.148 e. The topological polar surface area (TPSA) is 30.2 Å². The third-order valence-electron chi connectivity index (χ3n) is 5.69. The first-order valence-electron chi connectivity index (χ1n) is 10.2. The first kappa shape index (κ1) is 16.9. The number of imidazole rings is 1. The van der Waals surface area contributed by atoms with E-state index in [1.54, 1.807) is 0 Å². The largest absolute Gasteiger partial charge is 0.279 e. The lowest BCUT2D eigenvalue weighted by atomic mass is 9.90. The van der Waals surface area contributed by atoms with Crippen LogP contribution in [0.1, 0.15) is 22.9 Å². The molecule has 6 aromatic rings. The maximum atomic E-state index is 5.20. The van der Waals surface area contributed by atoms with Crippen LogP contribution in [0.2, 0.25) is 0 Å². The second-order valence-corrected chi connectivity index (χ2v) is 7.50. The lowest BCUT2D eigenvalue weighted by Crippen LogP contribution is -2.11. The third-order valence-corrected chi connectivity index (χ3v) is 5.69. The Balaban J connectivity index is 1.79. The molecule has 0 amide bonds. The predicted molar refractivity (Wildman–Crippen MR) is 122 cm³/mol. The quantitative estimate of drug-likeness (QED) is 0.362. The van der Waals surface area contributed by atoms with Crippen molar-refractivity contribution in [3.63, 3.8) is 0 Å². The fraction of sp³-hybridized carbons (Fsp3) is 0.0370. The maximum absolute atomic E-state index is 5.20. The third kappa shape index (κ3) is 2.60. The SMILES string of the molecule is c1ccc(C(c2ccccc2)c2nc3ccccc3c3nc4ccccc4n23)cc1. The Bertz CT molecular complexity index is 1450. The van der Waals surface area contributed by atoms with Crippen LogP contribution in [0.3, 0.4) is 0 Å². The molecule has 0 bridgehead atoms. The summed E-state index contributed by atoms with van der Waals surface area (Å²) in [5, 5.41) is 1.07. The molecule has 0 aliphatic carbocycles. The highest BCUT2D eigenvalue weighted by Crippen LogP contribution is 2.34. The summed E-state index contributed by atoms with van der Waals surface area (Å²) in [4.78, 5) is 10.2. The summed E-state index contributed by atoms with van der Waals surface area (Å²) in [6.45, 7) is 0.